The fourth-order valence-electron chi connectivity index (χ4n) is 1.91. The van der Waals surface area contributed by atoms with E-state index in [2.05, 4.69) is 23.2 Å². The third kappa shape index (κ3) is 1.39. The van der Waals surface area contributed by atoms with Gasteiger partial charge in [0.1, 0.15) is 0 Å². The molecule has 13 heavy (non-hydrogen) atoms. The maximum Gasteiger partial charge on any atom is 0.0343 e. The van der Waals surface area contributed by atoms with Crippen molar-refractivity contribution < 1.29 is 0 Å². The Morgan fingerprint density at radius 1 is 1.38 bits per heavy atom. The fourth-order valence-corrected chi connectivity index (χ4v) is 1.91. The molecular weight excluding hydrogens is 158 g/mol. The van der Waals surface area contributed by atoms with Gasteiger partial charge in [0.25, 0.3) is 0 Å². The van der Waals surface area contributed by atoms with Crippen LogP contribution in [0.2, 0.25) is 0 Å². The van der Waals surface area contributed by atoms with Gasteiger partial charge in [-0.2, -0.15) is 0 Å². The quantitative estimate of drug-likeness (QED) is 0.587. The summed E-state index contributed by atoms with van der Waals surface area (Å²) in [6, 6.07) is 2.16. The van der Waals surface area contributed by atoms with E-state index in [0.717, 1.165) is 11.8 Å². The van der Waals surface area contributed by atoms with Gasteiger partial charge in [-0.15, -0.1) is 0 Å². The fraction of sp³-hybridized carbons (Fsp3) is 0.417. The molecule has 1 saturated carbocycles. The Hall–Kier alpha value is -1.11. The lowest BCUT2D eigenvalue weighted by molar-refractivity contribution is 0.987. The summed E-state index contributed by atoms with van der Waals surface area (Å²) in [5.41, 5.74) is 2.83. The summed E-state index contributed by atoms with van der Waals surface area (Å²) in [7, 11) is 0. The molecule has 0 spiro atoms. The van der Waals surface area contributed by atoms with E-state index in [9.17, 15) is 0 Å². The van der Waals surface area contributed by atoms with E-state index in [1.54, 1.807) is 0 Å². The van der Waals surface area contributed by atoms with Crippen LogP contribution in [0.5, 0.6) is 0 Å². The maximum absolute atomic E-state index is 4.10. The highest BCUT2D eigenvalue weighted by Crippen LogP contribution is 2.52. The van der Waals surface area contributed by atoms with Gasteiger partial charge in [-0.05, 0) is 35.4 Å². The standard InChI is InChI=1S/C10H9N.C2H6/c1-2-8-6-11-4-3-9(8)10-5-7(1)10;1-2/h1-4,6-7,10H,5H2;1-2H3. The molecule has 1 fully saturated rings. The zero-order valence-corrected chi connectivity index (χ0v) is 8.20. The number of hydrogen-bond donors (Lipinski definition) is 0. The van der Waals surface area contributed by atoms with Crippen molar-refractivity contribution in [2.75, 3.05) is 0 Å². The van der Waals surface area contributed by atoms with Crippen molar-refractivity contribution in [2.24, 2.45) is 5.92 Å². The minimum atomic E-state index is 0.831. The van der Waals surface area contributed by atoms with E-state index in [1.165, 1.54) is 17.5 Å². The van der Waals surface area contributed by atoms with Gasteiger partial charge < -0.3 is 0 Å². The minimum absolute atomic E-state index is 0.831. The van der Waals surface area contributed by atoms with Crippen molar-refractivity contribution in [1.29, 1.82) is 0 Å². The summed E-state index contributed by atoms with van der Waals surface area (Å²) in [5, 5.41) is 0. The van der Waals surface area contributed by atoms with Crippen molar-refractivity contribution >= 4 is 6.08 Å². The zero-order valence-electron chi connectivity index (χ0n) is 8.20. The SMILES string of the molecule is C1=CC2CC2c2ccncc21.CC. The molecule has 1 nitrogen and oxygen atoms in total. The summed E-state index contributed by atoms with van der Waals surface area (Å²) >= 11 is 0. The third-order valence-electron chi connectivity index (χ3n) is 2.65. The lowest BCUT2D eigenvalue weighted by Crippen LogP contribution is -1.92. The normalized spacial score (nSPS) is 26.6. The van der Waals surface area contributed by atoms with Crippen molar-refractivity contribution in [3.8, 4) is 0 Å². The highest BCUT2D eigenvalue weighted by Gasteiger charge is 2.39. The van der Waals surface area contributed by atoms with Crippen LogP contribution in [-0.2, 0) is 0 Å². The van der Waals surface area contributed by atoms with Gasteiger partial charge in [-0.25, -0.2) is 0 Å². The average Bonchev–Trinajstić information content (AvgIpc) is 3.00. The van der Waals surface area contributed by atoms with Crippen LogP contribution in [0.1, 0.15) is 37.3 Å². The van der Waals surface area contributed by atoms with Gasteiger partial charge >= 0.3 is 0 Å². The number of nitrogens with zero attached hydrogens (tertiary/aromatic N) is 1. The molecule has 0 amide bonds. The third-order valence-corrected chi connectivity index (χ3v) is 2.65. The van der Waals surface area contributed by atoms with E-state index in [4.69, 9.17) is 0 Å². The van der Waals surface area contributed by atoms with Gasteiger partial charge in [0.15, 0.2) is 0 Å². The second kappa shape index (κ2) is 3.33. The summed E-state index contributed by atoms with van der Waals surface area (Å²) in [6.07, 6.45) is 9.73. The molecule has 0 radical (unpaired) electrons. The summed E-state index contributed by atoms with van der Waals surface area (Å²) < 4.78 is 0. The molecule has 0 aromatic carbocycles. The molecule has 1 heterocycles. The Morgan fingerprint density at radius 3 is 3.08 bits per heavy atom. The molecule has 0 saturated heterocycles. The van der Waals surface area contributed by atoms with Crippen LogP contribution in [-0.4, -0.2) is 4.98 Å². The first kappa shape index (κ1) is 8.49. The highest BCUT2D eigenvalue weighted by molar-refractivity contribution is 5.59. The summed E-state index contributed by atoms with van der Waals surface area (Å²) in [6.45, 7) is 4.00. The number of hydrogen-bond acceptors (Lipinski definition) is 1. The van der Waals surface area contributed by atoms with Gasteiger partial charge in [-0.1, -0.05) is 26.0 Å². The topological polar surface area (TPSA) is 12.9 Å². The van der Waals surface area contributed by atoms with Crippen LogP contribution in [0.3, 0.4) is 0 Å². The van der Waals surface area contributed by atoms with E-state index in [1.807, 2.05) is 26.2 Å². The second-order valence-corrected chi connectivity index (χ2v) is 3.37. The van der Waals surface area contributed by atoms with Gasteiger partial charge in [0.05, 0.1) is 0 Å². The molecule has 0 N–H and O–H groups in total. The van der Waals surface area contributed by atoms with E-state index in [-0.39, 0.29) is 0 Å². The van der Waals surface area contributed by atoms with Gasteiger partial charge in [0.2, 0.25) is 0 Å². The monoisotopic (exact) mass is 173 g/mol. The maximum atomic E-state index is 4.10. The first-order valence-corrected chi connectivity index (χ1v) is 5.07. The van der Waals surface area contributed by atoms with Crippen LogP contribution >= 0.6 is 0 Å². The molecule has 1 aromatic heterocycles. The zero-order chi connectivity index (χ0) is 9.26. The Balaban J connectivity index is 0.000000308. The lowest BCUT2D eigenvalue weighted by Gasteiger charge is -2.07. The Morgan fingerprint density at radius 2 is 2.23 bits per heavy atom. The Bertz CT molecular complexity index is 328. The predicted octanol–water partition coefficient (Wildman–Crippen LogP) is 3.24. The second-order valence-electron chi connectivity index (χ2n) is 3.37. The van der Waals surface area contributed by atoms with E-state index >= 15 is 0 Å². The highest BCUT2D eigenvalue weighted by atomic mass is 14.6. The van der Waals surface area contributed by atoms with E-state index in [0.29, 0.717) is 0 Å². The van der Waals surface area contributed by atoms with Crippen LogP contribution in [0, 0.1) is 5.92 Å². The minimum Gasteiger partial charge on any atom is -0.264 e. The molecule has 0 bridgehead atoms. The molecule has 1 heteroatoms. The molecule has 68 valence electrons. The smallest absolute Gasteiger partial charge is 0.0343 e. The molecule has 1 aromatic rings. The van der Waals surface area contributed by atoms with E-state index < -0.39 is 0 Å². The van der Waals surface area contributed by atoms with Crippen molar-refractivity contribution in [2.45, 2.75) is 26.2 Å². The number of fused-ring (bicyclic) bond motifs is 3. The van der Waals surface area contributed by atoms with Crippen LogP contribution in [0.4, 0.5) is 0 Å². The number of rotatable bonds is 0. The molecule has 2 atom stereocenters. The van der Waals surface area contributed by atoms with Crippen molar-refractivity contribution in [3.63, 3.8) is 0 Å². The molecule has 2 aliphatic rings. The molecule has 0 aliphatic heterocycles. The van der Waals surface area contributed by atoms with Crippen molar-refractivity contribution in [1.82, 2.24) is 4.98 Å². The molecular formula is C12H15N. The molecule has 3 rings (SSSR count). The Kier molecular flexibility index (Phi) is 2.17. The van der Waals surface area contributed by atoms with Gasteiger partial charge in [0, 0.05) is 12.4 Å². The number of allylic oxidation sites excluding steroid dienone is 1. The predicted molar refractivity (Wildman–Crippen MR) is 55.5 cm³/mol. The number of pyridine rings is 1. The average molecular weight is 173 g/mol. The Labute approximate surface area is 79.5 Å². The first-order valence-electron chi connectivity index (χ1n) is 5.07. The molecule has 2 aliphatic carbocycles. The van der Waals surface area contributed by atoms with Gasteiger partial charge in [-0.3, -0.25) is 4.98 Å². The number of aromatic nitrogens is 1. The molecule has 2 unspecified atom stereocenters. The summed E-state index contributed by atoms with van der Waals surface area (Å²) in [5.74, 6) is 1.68. The lowest BCUT2D eigenvalue weighted by atomic mass is 10.00. The van der Waals surface area contributed by atoms with Crippen LogP contribution < -0.4 is 0 Å². The van der Waals surface area contributed by atoms with Crippen LogP contribution in [0.15, 0.2) is 24.5 Å². The first-order chi connectivity index (χ1) is 6.45. The van der Waals surface area contributed by atoms with Crippen LogP contribution in [0.25, 0.3) is 6.08 Å². The van der Waals surface area contributed by atoms with Crippen molar-refractivity contribution in [3.05, 3.63) is 35.7 Å². The summed E-state index contributed by atoms with van der Waals surface area (Å²) in [4.78, 5) is 4.10. The largest absolute Gasteiger partial charge is 0.264 e.